The van der Waals surface area contributed by atoms with Crippen LogP contribution in [-0.4, -0.2) is 35.1 Å². The topological polar surface area (TPSA) is 43.2 Å². The van der Waals surface area contributed by atoms with Gasteiger partial charge < -0.3 is 9.47 Å². The lowest BCUT2D eigenvalue weighted by atomic mass is 9.84. The zero-order valence-corrected chi connectivity index (χ0v) is 22.2. The summed E-state index contributed by atoms with van der Waals surface area (Å²) in [5, 5.41) is 0. The summed E-state index contributed by atoms with van der Waals surface area (Å²) in [7, 11) is 0. The highest BCUT2D eigenvalue weighted by Crippen LogP contribution is 2.43. The van der Waals surface area contributed by atoms with Gasteiger partial charge in [-0.2, -0.15) is 0 Å². The van der Waals surface area contributed by atoms with Crippen LogP contribution in [0.25, 0.3) is 0 Å². The molecule has 0 bridgehead atoms. The molecule has 2 heterocycles. The van der Waals surface area contributed by atoms with Crippen molar-refractivity contribution >= 4 is 11.8 Å². The van der Waals surface area contributed by atoms with Gasteiger partial charge >= 0.3 is 0 Å². The molecule has 6 rings (SSSR count). The molecule has 2 atom stereocenters. The molecule has 37 heavy (non-hydrogen) atoms. The number of nitrogens with zero attached hydrogens (tertiary/aromatic N) is 2. The van der Waals surface area contributed by atoms with Gasteiger partial charge in [-0.3, -0.25) is 0 Å². The van der Waals surface area contributed by atoms with Crippen LogP contribution in [0.5, 0.6) is 0 Å². The molecule has 4 heteroatoms. The molecule has 2 saturated carbocycles. The van der Waals surface area contributed by atoms with Crippen LogP contribution >= 0.6 is 0 Å². The lowest BCUT2D eigenvalue weighted by molar-refractivity contribution is 0.0319. The lowest BCUT2D eigenvalue weighted by Gasteiger charge is -2.33. The molecule has 0 unspecified atom stereocenters. The smallest absolute Gasteiger partial charge is 0.193 e. The van der Waals surface area contributed by atoms with Crippen molar-refractivity contribution in [2.45, 2.75) is 120 Å². The van der Waals surface area contributed by atoms with E-state index in [4.69, 9.17) is 19.5 Å². The highest BCUT2D eigenvalue weighted by atomic mass is 16.5. The van der Waals surface area contributed by atoms with Gasteiger partial charge in [-0.25, -0.2) is 9.98 Å². The largest absolute Gasteiger partial charge is 0.472 e. The first-order valence-electron chi connectivity index (χ1n) is 14.8. The van der Waals surface area contributed by atoms with Crippen molar-refractivity contribution in [3.05, 3.63) is 71.8 Å². The molecule has 2 aromatic rings. The Morgan fingerprint density at radius 2 is 0.919 bits per heavy atom. The van der Waals surface area contributed by atoms with Gasteiger partial charge in [-0.1, -0.05) is 86.3 Å². The molecule has 0 saturated heterocycles. The summed E-state index contributed by atoms with van der Waals surface area (Å²) in [6.45, 7) is 0. The predicted molar refractivity (Wildman–Crippen MR) is 150 cm³/mol. The van der Waals surface area contributed by atoms with E-state index in [2.05, 4.69) is 60.7 Å². The quantitative estimate of drug-likeness (QED) is 0.411. The third kappa shape index (κ3) is 5.49. The van der Waals surface area contributed by atoms with Crippen LogP contribution in [-0.2, 0) is 22.3 Å². The van der Waals surface area contributed by atoms with Crippen LogP contribution in [0, 0.1) is 0 Å². The summed E-state index contributed by atoms with van der Waals surface area (Å²) in [5.41, 5.74) is 2.37. The van der Waals surface area contributed by atoms with Gasteiger partial charge in [0, 0.05) is 0 Å². The van der Waals surface area contributed by atoms with Gasteiger partial charge in [0.2, 0.25) is 0 Å². The van der Waals surface area contributed by atoms with Crippen molar-refractivity contribution in [3.63, 3.8) is 0 Å². The van der Waals surface area contributed by atoms with Crippen molar-refractivity contribution in [2.75, 3.05) is 0 Å². The van der Waals surface area contributed by atoms with E-state index in [1.807, 2.05) is 0 Å². The van der Waals surface area contributed by atoms with E-state index < -0.39 is 0 Å². The second-order valence-electron chi connectivity index (χ2n) is 11.8. The highest BCUT2D eigenvalue weighted by molar-refractivity contribution is 5.99. The van der Waals surface area contributed by atoms with E-state index in [1.165, 1.54) is 62.5 Å². The molecule has 0 radical (unpaired) electrons. The van der Waals surface area contributed by atoms with Crippen LogP contribution in [0.1, 0.15) is 94.6 Å². The number of aliphatic imine (C=N–C) groups is 2. The highest BCUT2D eigenvalue weighted by Gasteiger charge is 2.49. The fourth-order valence-electron chi connectivity index (χ4n) is 7.20. The summed E-state index contributed by atoms with van der Waals surface area (Å²) in [6, 6.07) is 22.0. The van der Waals surface area contributed by atoms with Gasteiger partial charge in [-0.15, -0.1) is 0 Å². The van der Waals surface area contributed by atoms with Gasteiger partial charge in [0.15, 0.2) is 11.8 Å². The number of hydrogen-bond acceptors (Lipinski definition) is 4. The predicted octanol–water partition coefficient (Wildman–Crippen LogP) is 7.64. The normalized spacial score (nSPS) is 26.6. The number of hydrogen-bond donors (Lipinski definition) is 0. The average molecular weight is 499 g/mol. The maximum absolute atomic E-state index is 6.86. The summed E-state index contributed by atoms with van der Waals surface area (Å²) >= 11 is 0. The molecule has 2 aliphatic carbocycles. The molecular formula is C33H42N2O2. The van der Waals surface area contributed by atoms with E-state index in [9.17, 15) is 0 Å². The Balaban J connectivity index is 1.24. The number of ether oxygens (including phenoxy) is 2. The number of rotatable bonds is 6. The minimum atomic E-state index is -0.162. The maximum Gasteiger partial charge on any atom is 0.193 e. The van der Waals surface area contributed by atoms with E-state index in [-0.39, 0.29) is 23.3 Å². The monoisotopic (exact) mass is 498 g/mol. The van der Waals surface area contributed by atoms with Crippen LogP contribution < -0.4 is 0 Å². The molecule has 2 aromatic carbocycles. The maximum atomic E-state index is 6.86. The Labute approximate surface area is 222 Å². The van der Waals surface area contributed by atoms with Crippen molar-refractivity contribution in [3.8, 4) is 0 Å². The Bertz CT molecular complexity index is 990. The zero-order chi connectivity index (χ0) is 25.0. The van der Waals surface area contributed by atoms with Crippen LogP contribution in [0.3, 0.4) is 0 Å². The Hall–Kier alpha value is -2.62. The molecule has 4 aliphatic rings. The molecule has 4 nitrogen and oxygen atoms in total. The fraction of sp³-hybridized carbons (Fsp3) is 0.576. The molecule has 0 aromatic heterocycles. The third-order valence-electron chi connectivity index (χ3n) is 9.20. The minimum absolute atomic E-state index is 0.162. The second-order valence-corrected chi connectivity index (χ2v) is 11.8. The van der Waals surface area contributed by atoms with E-state index in [0.717, 1.165) is 50.3 Å². The van der Waals surface area contributed by atoms with Crippen LogP contribution in [0.4, 0.5) is 0 Å². The van der Waals surface area contributed by atoms with Gasteiger partial charge in [-0.05, 0) is 75.3 Å². The van der Waals surface area contributed by atoms with Gasteiger partial charge in [0.25, 0.3) is 0 Å². The van der Waals surface area contributed by atoms with E-state index >= 15 is 0 Å². The summed E-state index contributed by atoms with van der Waals surface area (Å²) in [6.07, 6.45) is 17.0. The van der Waals surface area contributed by atoms with E-state index in [1.54, 1.807) is 0 Å². The average Bonchev–Trinajstić information content (AvgIpc) is 3.17. The molecule has 0 amide bonds. The number of benzene rings is 2. The fourth-order valence-corrected chi connectivity index (χ4v) is 7.20. The molecule has 0 N–H and O–H groups in total. The lowest BCUT2D eigenvalue weighted by Crippen LogP contribution is -2.42. The van der Waals surface area contributed by atoms with Crippen molar-refractivity contribution < 1.29 is 9.47 Å². The van der Waals surface area contributed by atoms with E-state index in [0.29, 0.717) is 6.42 Å². The van der Waals surface area contributed by atoms with Crippen LogP contribution in [0.15, 0.2) is 70.6 Å². The first-order chi connectivity index (χ1) is 18.2. The standard InChI is InChI=1S/C33H42N2O2/c1-2-12-20-32(19-11-1)28(23-26-15-7-5-8-16-26)34-30(36-32)25-31-35-29(24-27-17-9-6-10-18-27)33(37-31)21-13-3-4-14-22-33/h5-10,15-18,28-29H,1-4,11-14,19-25H2/t28-,29-/m1/s1. The Morgan fingerprint density at radius 1 is 0.541 bits per heavy atom. The Kier molecular flexibility index (Phi) is 7.35. The zero-order valence-electron chi connectivity index (χ0n) is 22.2. The SMILES string of the molecule is c1ccc(C[C@H]2N=C(CC3=N[C@H](Cc4ccccc4)C4(CCCCCC4)O3)OC23CCCCCC3)cc1. The van der Waals surface area contributed by atoms with Crippen LogP contribution in [0.2, 0.25) is 0 Å². The van der Waals surface area contributed by atoms with Gasteiger partial charge in [0.05, 0.1) is 18.5 Å². The summed E-state index contributed by atoms with van der Waals surface area (Å²) < 4.78 is 13.7. The molecule has 2 aliphatic heterocycles. The summed E-state index contributed by atoms with van der Waals surface area (Å²) in [4.78, 5) is 10.5. The third-order valence-corrected chi connectivity index (χ3v) is 9.20. The Morgan fingerprint density at radius 3 is 1.30 bits per heavy atom. The van der Waals surface area contributed by atoms with Crippen molar-refractivity contribution in [2.24, 2.45) is 9.98 Å². The van der Waals surface area contributed by atoms with Crippen molar-refractivity contribution in [1.82, 2.24) is 0 Å². The van der Waals surface area contributed by atoms with Gasteiger partial charge in [0.1, 0.15) is 11.2 Å². The minimum Gasteiger partial charge on any atom is -0.472 e. The molecule has 2 spiro atoms. The first kappa shape index (κ1) is 24.7. The first-order valence-corrected chi connectivity index (χ1v) is 14.8. The van der Waals surface area contributed by atoms with Crippen molar-refractivity contribution in [1.29, 1.82) is 0 Å². The molecular weight excluding hydrogens is 456 g/mol. The molecule has 2 fully saturated rings. The summed E-state index contributed by atoms with van der Waals surface area (Å²) in [5.74, 6) is 1.71. The molecule has 196 valence electrons. The second kappa shape index (κ2) is 11.0.